The molecule has 9 nitrogen and oxygen atoms in total. The van der Waals surface area contributed by atoms with Crippen molar-refractivity contribution < 1.29 is 19.6 Å². The van der Waals surface area contributed by atoms with E-state index in [2.05, 4.69) is 15.2 Å². The zero-order valence-corrected chi connectivity index (χ0v) is 15.9. The van der Waals surface area contributed by atoms with E-state index in [1.54, 1.807) is 37.3 Å². The van der Waals surface area contributed by atoms with Gasteiger partial charge in [-0.3, -0.25) is 10.1 Å². The van der Waals surface area contributed by atoms with E-state index in [1.807, 2.05) is 0 Å². The second kappa shape index (κ2) is 8.53. The largest absolute Gasteiger partial charge is 0.493 e. The lowest BCUT2D eigenvalue weighted by atomic mass is 10.1. The molecule has 1 heterocycles. The average molecular weight is 415 g/mol. The van der Waals surface area contributed by atoms with E-state index < -0.39 is 16.8 Å². The van der Waals surface area contributed by atoms with Crippen molar-refractivity contribution in [3.63, 3.8) is 0 Å². The van der Waals surface area contributed by atoms with Crippen molar-refractivity contribution in [3.8, 4) is 17.1 Å². The second-order valence-electron chi connectivity index (χ2n) is 5.75. The molecule has 0 saturated carbocycles. The monoisotopic (exact) mass is 414 g/mol. The Morgan fingerprint density at radius 3 is 2.62 bits per heavy atom. The number of hydrogen-bond donors (Lipinski definition) is 2. The summed E-state index contributed by atoms with van der Waals surface area (Å²) >= 11 is 5.79. The summed E-state index contributed by atoms with van der Waals surface area (Å²) in [6.07, 6.45) is 0. The number of nitrogens with zero attached hydrogens (tertiary/aromatic N) is 3. The molecule has 0 aliphatic carbocycles. The molecule has 0 aliphatic heterocycles. The maximum absolute atomic E-state index is 12.5. The molecule has 3 rings (SSSR count). The first-order valence-corrected chi connectivity index (χ1v) is 8.83. The van der Waals surface area contributed by atoms with Crippen molar-refractivity contribution in [2.24, 2.45) is 10.2 Å². The van der Waals surface area contributed by atoms with Crippen molar-refractivity contribution in [2.75, 3.05) is 6.61 Å². The number of halogens is 1. The van der Waals surface area contributed by atoms with Gasteiger partial charge in [-0.15, -0.1) is 10.2 Å². The molecule has 0 aliphatic rings. The molecule has 0 amide bonds. The highest BCUT2D eigenvalue weighted by molar-refractivity contribution is 6.30. The van der Waals surface area contributed by atoms with Crippen LogP contribution in [0, 0.1) is 10.1 Å². The molecule has 0 radical (unpaired) electrons. The number of aromatic amines is 1. The van der Waals surface area contributed by atoms with E-state index in [1.165, 1.54) is 12.1 Å². The summed E-state index contributed by atoms with van der Waals surface area (Å²) in [5.74, 6) is -1.14. The molecule has 10 heteroatoms. The highest BCUT2D eigenvalue weighted by Crippen LogP contribution is 2.40. The number of carbonyl (C=O) groups excluding carboxylic acids is 1. The molecular weight excluding hydrogens is 400 g/mol. The molecule has 0 fully saturated rings. The van der Waals surface area contributed by atoms with Crippen molar-refractivity contribution in [2.45, 2.75) is 6.92 Å². The Labute approximate surface area is 169 Å². The Balaban J connectivity index is 2.13. The smallest absolute Gasteiger partial charge is 0.342 e. The third-order valence-corrected chi connectivity index (χ3v) is 4.12. The fourth-order valence-electron chi connectivity index (χ4n) is 2.63. The van der Waals surface area contributed by atoms with Crippen LogP contribution in [0.5, 0.6) is 5.88 Å². The minimum absolute atomic E-state index is 0.0316. The van der Waals surface area contributed by atoms with E-state index in [-0.39, 0.29) is 34.3 Å². The molecule has 2 N–H and O–H groups in total. The summed E-state index contributed by atoms with van der Waals surface area (Å²) in [6, 6.07) is 12.7. The number of carbonyl (C=O) groups is 1. The van der Waals surface area contributed by atoms with Crippen molar-refractivity contribution >= 4 is 34.6 Å². The number of nitro benzene ring substituents is 1. The number of H-pyrrole nitrogens is 1. The van der Waals surface area contributed by atoms with Gasteiger partial charge in [0.2, 0.25) is 5.88 Å². The number of nitro groups is 1. The zero-order chi connectivity index (χ0) is 21.0. The normalized spacial score (nSPS) is 11.0. The lowest BCUT2D eigenvalue weighted by Crippen LogP contribution is -2.05. The Morgan fingerprint density at radius 1 is 1.24 bits per heavy atom. The molecule has 2 aromatic carbocycles. The molecule has 0 bridgehead atoms. The summed E-state index contributed by atoms with van der Waals surface area (Å²) in [5.41, 5.74) is 0.238. The molecule has 148 valence electrons. The molecule has 0 spiro atoms. The van der Waals surface area contributed by atoms with Crippen LogP contribution in [0.2, 0.25) is 5.02 Å². The van der Waals surface area contributed by atoms with Crippen LogP contribution in [0.1, 0.15) is 17.3 Å². The summed E-state index contributed by atoms with van der Waals surface area (Å²) < 4.78 is 5.08. The number of benzene rings is 2. The fourth-order valence-corrected chi connectivity index (χ4v) is 2.80. The molecule has 0 saturated heterocycles. The van der Waals surface area contributed by atoms with Gasteiger partial charge in [-0.25, -0.2) is 4.79 Å². The molecule has 1 aromatic heterocycles. The first-order valence-electron chi connectivity index (χ1n) is 8.45. The van der Waals surface area contributed by atoms with Crippen LogP contribution in [0.3, 0.4) is 0 Å². The van der Waals surface area contributed by atoms with Gasteiger partial charge in [-0.1, -0.05) is 41.9 Å². The number of nitrogens with one attached hydrogen (secondary N) is 1. The predicted octanol–water partition coefficient (Wildman–Crippen LogP) is 5.54. The minimum Gasteiger partial charge on any atom is -0.493 e. The van der Waals surface area contributed by atoms with E-state index >= 15 is 0 Å². The van der Waals surface area contributed by atoms with Crippen LogP contribution in [0.25, 0.3) is 11.3 Å². The van der Waals surface area contributed by atoms with Crippen molar-refractivity contribution in [1.29, 1.82) is 0 Å². The van der Waals surface area contributed by atoms with Crippen molar-refractivity contribution in [1.82, 2.24) is 4.98 Å². The van der Waals surface area contributed by atoms with Gasteiger partial charge in [-0.2, -0.15) is 0 Å². The van der Waals surface area contributed by atoms with E-state index in [9.17, 15) is 20.0 Å². The molecule has 0 unspecified atom stereocenters. The van der Waals surface area contributed by atoms with Crippen LogP contribution in [-0.2, 0) is 4.74 Å². The Kier molecular flexibility index (Phi) is 5.89. The number of hydrogen-bond acceptors (Lipinski definition) is 7. The molecule has 29 heavy (non-hydrogen) atoms. The first kappa shape index (κ1) is 20.0. The van der Waals surface area contributed by atoms with Crippen LogP contribution >= 0.6 is 11.6 Å². The van der Waals surface area contributed by atoms with Crippen LogP contribution in [0.4, 0.5) is 17.1 Å². The summed E-state index contributed by atoms with van der Waals surface area (Å²) in [7, 11) is 0. The first-order chi connectivity index (χ1) is 13.9. The third-order valence-electron chi connectivity index (χ3n) is 3.89. The predicted molar refractivity (Wildman–Crippen MR) is 106 cm³/mol. The van der Waals surface area contributed by atoms with Crippen LogP contribution in [0.15, 0.2) is 58.8 Å². The van der Waals surface area contributed by atoms with Gasteiger partial charge >= 0.3 is 5.97 Å². The lowest BCUT2D eigenvalue weighted by molar-refractivity contribution is -0.384. The maximum atomic E-state index is 12.5. The number of azo groups is 1. The topological polar surface area (TPSA) is 130 Å². The number of aromatic nitrogens is 1. The summed E-state index contributed by atoms with van der Waals surface area (Å²) in [5, 5.41) is 29.4. The van der Waals surface area contributed by atoms with Gasteiger partial charge in [0, 0.05) is 11.1 Å². The fraction of sp³-hybridized carbons (Fsp3) is 0.105. The molecule has 3 aromatic rings. The van der Waals surface area contributed by atoms with Crippen molar-refractivity contribution in [3.05, 3.63) is 69.2 Å². The van der Waals surface area contributed by atoms with E-state index in [4.69, 9.17) is 16.3 Å². The lowest BCUT2D eigenvalue weighted by Gasteiger charge is -2.04. The molecular formula is C19H15ClN4O5. The summed E-state index contributed by atoms with van der Waals surface area (Å²) in [4.78, 5) is 25.8. The minimum atomic E-state index is -0.720. The zero-order valence-electron chi connectivity index (χ0n) is 15.1. The number of esters is 1. The number of aromatic hydroxyl groups is 1. The third kappa shape index (κ3) is 4.25. The highest BCUT2D eigenvalue weighted by atomic mass is 35.5. The number of rotatable bonds is 6. The van der Waals surface area contributed by atoms with Gasteiger partial charge in [0.25, 0.3) is 5.69 Å². The summed E-state index contributed by atoms with van der Waals surface area (Å²) in [6.45, 7) is 1.75. The highest BCUT2D eigenvalue weighted by Gasteiger charge is 2.26. The Morgan fingerprint density at radius 2 is 1.97 bits per heavy atom. The Bertz CT molecular complexity index is 1100. The quantitative estimate of drug-likeness (QED) is 0.236. The van der Waals surface area contributed by atoms with Crippen LogP contribution in [-0.4, -0.2) is 27.6 Å². The molecule has 0 atom stereocenters. The maximum Gasteiger partial charge on any atom is 0.342 e. The van der Waals surface area contributed by atoms with E-state index in [0.29, 0.717) is 11.3 Å². The van der Waals surface area contributed by atoms with Gasteiger partial charge in [0.1, 0.15) is 5.56 Å². The standard InChI is InChI=1S/C19H15ClN4O5/c1-2-29-19(26)15-16(11-6-4-3-5-7-11)21-18(25)17(15)23-22-13-9-8-12(20)10-14(13)24(27)28/h3-10,21,25H,2H2,1H3. The average Bonchev–Trinajstić information content (AvgIpc) is 3.04. The SMILES string of the molecule is CCOC(=O)c1c(-c2ccccc2)[nH]c(O)c1N=Nc1ccc(Cl)cc1[N+](=O)[O-]. The van der Waals surface area contributed by atoms with Gasteiger partial charge in [0.15, 0.2) is 11.4 Å². The number of ether oxygens (including phenoxy) is 1. The van der Waals surface area contributed by atoms with E-state index in [0.717, 1.165) is 6.07 Å². The Hall–Kier alpha value is -3.72. The van der Waals surface area contributed by atoms with Crippen LogP contribution < -0.4 is 0 Å². The van der Waals surface area contributed by atoms with Gasteiger partial charge in [0.05, 0.1) is 17.2 Å². The van der Waals surface area contributed by atoms with Gasteiger partial charge in [-0.05, 0) is 24.6 Å². The second-order valence-corrected chi connectivity index (χ2v) is 6.19. The van der Waals surface area contributed by atoms with Gasteiger partial charge < -0.3 is 14.8 Å².